The molecule has 0 spiro atoms. The molecule has 0 aliphatic carbocycles. The molecular weight excluding hydrogens is 194 g/mol. The summed E-state index contributed by atoms with van der Waals surface area (Å²) in [6, 6.07) is 0. The first kappa shape index (κ1) is 9.85. The molecule has 2 aromatic heterocycles. The highest BCUT2D eigenvalue weighted by molar-refractivity contribution is 5.47. The normalized spacial score (nSPS) is 10.8. The van der Waals surface area contributed by atoms with Gasteiger partial charge in [0, 0.05) is 26.9 Å². The van der Waals surface area contributed by atoms with Gasteiger partial charge in [0.15, 0.2) is 5.82 Å². The number of aryl methyl sites for hydroxylation is 1. The molecule has 0 aromatic carbocycles. The molecular formula is C9H13N5O. The lowest BCUT2D eigenvalue weighted by Gasteiger charge is -2.02. The lowest BCUT2D eigenvalue weighted by Crippen LogP contribution is -2.04. The van der Waals surface area contributed by atoms with Crippen molar-refractivity contribution >= 4 is 0 Å². The quantitative estimate of drug-likeness (QED) is 0.724. The molecule has 6 nitrogen and oxygen atoms in total. The SMILES string of the molecule is COCCn1cnnc1-c1cn(C)cn1. The average molecular weight is 207 g/mol. The van der Waals surface area contributed by atoms with Crippen LogP contribution < -0.4 is 0 Å². The van der Waals surface area contributed by atoms with E-state index in [2.05, 4.69) is 15.2 Å². The fraction of sp³-hybridized carbons (Fsp3) is 0.444. The van der Waals surface area contributed by atoms with E-state index < -0.39 is 0 Å². The molecule has 2 aromatic rings. The van der Waals surface area contributed by atoms with Crippen LogP contribution in [0.2, 0.25) is 0 Å². The van der Waals surface area contributed by atoms with E-state index >= 15 is 0 Å². The minimum atomic E-state index is 0.637. The summed E-state index contributed by atoms with van der Waals surface area (Å²) < 4.78 is 8.81. The van der Waals surface area contributed by atoms with Gasteiger partial charge in [-0.1, -0.05) is 0 Å². The standard InChI is InChI=1S/C9H13N5O/c1-13-5-8(10-6-13)9-12-11-7-14(9)3-4-15-2/h5-7H,3-4H2,1-2H3. The molecule has 0 unspecified atom stereocenters. The molecule has 2 rings (SSSR count). The van der Waals surface area contributed by atoms with Gasteiger partial charge in [0.1, 0.15) is 12.0 Å². The first-order chi connectivity index (χ1) is 7.31. The minimum Gasteiger partial charge on any atom is -0.383 e. The van der Waals surface area contributed by atoms with Gasteiger partial charge in [-0.2, -0.15) is 0 Å². The summed E-state index contributed by atoms with van der Waals surface area (Å²) in [4.78, 5) is 4.23. The third-order valence-corrected chi connectivity index (χ3v) is 2.09. The van der Waals surface area contributed by atoms with Gasteiger partial charge in [-0.15, -0.1) is 10.2 Å². The van der Waals surface area contributed by atoms with E-state index in [0.717, 1.165) is 18.1 Å². The van der Waals surface area contributed by atoms with Crippen molar-refractivity contribution in [3.8, 4) is 11.5 Å². The van der Waals surface area contributed by atoms with Gasteiger partial charge in [-0.3, -0.25) is 0 Å². The molecule has 0 atom stereocenters. The smallest absolute Gasteiger partial charge is 0.184 e. The Bertz CT molecular complexity index is 433. The molecule has 0 aliphatic rings. The fourth-order valence-electron chi connectivity index (χ4n) is 1.33. The van der Waals surface area contributed by atoms with Crippen LogP contribution in [-0.2, 0) is 18.3 Å². The lowest BCUT2D eigenvalue weighted by atomic mass is 10.4. The number of ether oxygens (including phenoxy) is 1. The highest BCUT2D eigenvalue weighted by atomic mass is 16.5. The number of hydrogen-bond acceptors (Lipinski definition) is 4. The molecule has 0 bridgehead atoms. The van der Waals surface area contributed by atoms with E-state index in [9.17, 15) is 0 Å². The van der Waals surface area contributed by atoms with Crippen molar-refractivity contribution in [3.05, 3.63) is 18.9 Å². The van der Waals surface area contributed by atoms with E-state index in [0.29, 0.717) is 6.61 Å². The summed E-state index contributed by atoms with van der Waals surface area (Å²) in [6.45, 7) is 1.37. The number of imidazole rings is 1. The van der Waals surface area contributed by atoms with Crippen molar-refractivity contribution in [1.29, 1.82) is 0 Å². The van der Waals surface area contributed by atoms with Gasteiger partial charge in [0.05, 0.1) is 12.9 Å². The van der Waals surface area contributed by atoms with E-state index in [1.165, 1.54) is 0 Å². The van der Waals surface area contributed by atoms with Crippen molar-refractivity contribution in [3.63, 3.8) is 0 Å². The predicted molar refractivity (Wildman–Crippen MR) is 54.1 cm³/mol. The van der Waals surface area contributed by atoms with Crippen LogP contribution in [0.5, 0.6) is 0 Å². The third kappa shape index (κ3) is 2.04. The molecule has 0 aliphatic heterocycles. The molecule has 0 amide bonds. The summed E-state index contributed by atoms with van der Waals surface area (Å²) in [6.07, 6.45) is 5.33. The Morgan fingerprint density at radius 3 is 2.93 bits per heavy atom. The van der Waals surface area contributed by atoms with Crippen molar-refractivity contribution in [2.45, 2.75) is 6.54 Å². The number of hydrogen-bond donors (Lipinski definition) is 0. The maximum absolute atomic E-state index is 5.01. The Morgan fingerprint density at radius 1 is 1.40 bits per heavy atom. The van der Waals surface area contributed by atoms with Crippen LogP contribution >= 0.6 is 0 Å². The Labute approximate surface area is 87.5 Å². The van der Waals surface area contributed by atoms with Gasteiger partial charge < -0.3 is 13.9 Å². The van der Waals surface area contributed by atoms with Gasteiger partial charge in [0.2, 0.25) is 0 Å². The highest BCUT2D eigenvalue weighted by Crippen LogP contribution is 2.12. The molecule has 6 heteroatoms. The topological polar surface area (TPSA) is 57.8 Å². The maximum atomic E-state index is 5.01. The van der Waals surface area contributed by atoms with Crippen LogP contribution in [0.1, 0.15) is 0 Å². The maximum Gasteiger partial charge on any atom is 0.184 e. The summed E-state index contributed by atoms with van der Waals surface area (Å²) in [5.41, 5.74) is 0.825. The molecule has 2 heterocycles. The highest BCUT2D eigenvalue weighted by Gasteiger charge is 2.08. The van der Waals surface area contributed by atoms with Gasteiger partial charge in [-0.05, 0) is 0 Å². The van der Waals surface area contributed by atoms with Crippen LogP contribution in [0.3, 0.4) is 0 Å². The first-order valence-corrected chi connectivity index (χ1v) is 4.66. The van der Waals surface area contributed by atoms with Crippen LogP contribution in [0, 0.1) is 0 Å². The number of rotatable bonds is 4. The second kappa shape index (κ2) is 4.22. The Morgan fingerprint density at radius 2 is 2.27 bits per heavy atom. The van der Waals surface area contributed by atoms with Gasteiger partial charge in [-0.25, -0.2) is 4.98 Å². The zero-order valence-electron chi connectivity index (χ0n) is 8.79. The van der Waals surface area contributed by atoms with Crippen LogP contribution in [0.15, 0.2) is 18.9 Å². The van der Waals surface area contributed by atoms with Crippen molar-refractivity contribution in [1.82, 2.24) is 24.3 Å². The van der Waals surface area contributed by atoms with Crippen molar-refractivity contribution in [2.24, 2.45) is 7.05 Å². The summed E-state index contributed by atoms with van der Waals surface area (Å²) in [7, 11) is 3.59. The fourth-order valence-corrected chi connectivity index (χ4v) is 1.33. The molecule has 15 heavy (non-hydrogen) atoms. The minimum absolute atomic E-state index is 0.637. The number of nitrogens with zero attached hydrogens (tertiary/aromatic N) is 5. The molecule has 0 N–H and O–H groups in total. The number of aromatic nitrogens is 5. The van der Waals surface area contributed by atoms with Crippen molar-refractivity contribution < 1.29 is 4.74 Å². The van der Waals surface area contributed by atoms with Crippen LogP contribution in [0.25, 0.3) is 11.5 Å². The second-order valence-electron chi connectivity index (χ2n) is 3.27. The summed E-state index contributed by atoms with van der Waals surface area (Å²) in [5.74, 6) is 0.771. The van der Waals surface area contributed by atoms with E-state index in [1.807, 2.05) is 22.4 Å². The largest absolute Gasteiger partial charge is 0.383 e. The molecule has 0 radical (unpaired) electrons. The van der Waals surface area contributed by atoms with Gasteiger partial charge in [0.25, 0.3) is 0 Å². The zero-order chi connectivity index (χ0) is 10.7. The molecule has 80 valence electrons. The van der Waals surface area contributed by atoms with Crippen LogP contribution in [-0.4, -0.2) is 38.0 Å². The van der Waals surface area contributed by atoms with E-state index in [-0.39, 0.29) is 0 Å². The van der Waals surface area contributed by atoms with Crippen LogP contribution in [0.4, 0.5) is 0 Å². The van der Waals surface area contributed by atoms with E-state index in [4.69, 9.17) is 4.74 Å². The summed E-state index contributed by atoms with van der Waals surface area (Å²) >= 11 is 0. The monoisotopic (exact) mass is 207 g/mol. The third-order valence-electron chi connectivity index (χ3n) is 2.09. The lowest BCUT2D eigenvalue weighted by molar-refractivity contribution is 0.187. The van der Waals surface area contributed by atoms with Crippen molar-refractivity contribution in [2.75, 3.05) is 13.7 Å². The van der Waals surface area contributed by atoms with Gasteiger partial charge >= 0.3 is 0 Å². The zero-order valence-corrected chi connectivity index (χ0v) is 8.79. The Kier molecular flexibility index (Phi) is 2.77. The molecule has 0 saturated heterocycles. The van der Waals surface area contributed by atoms with E-state index in [1.54, 1.807) is 19.8 Å². The average Bonchev–Trinajstić information content (AvgIpc) is 2.82. The Hall–Kier alpha value is -1.69. The summed E-state index contributed by atoms with van der Waals surface area (Å²) in [5, 5.41) is 7.90. The second-order valence-corrected chi connectivity index (χ2v) is 3.27. The number of methoxy groups -OCH3 is 1. The molecule has 0 fully saturated rings. The predicted octanol–water partition coefficient (Wildman–Crippen LogP) is 0.325. The molecule has 0 saturated carbocycles. The Balaban J connectivity index is 2.24. The first-order valence-electron chi connectivity index (χ1n) is 4.66.